The lowest BCUT2D eigenvalue weighted by molar-refractivity contribution is 0.306. The van der Waals surface area contributed by atoms with E-state index >= 15 is 0 Å². The molecule has 0 spiro atoms. The molecule has 0 saturated heterocycles. The van der Waals surface area contributed by atoms with Crippen molar-refractivity contribution in [2.24, 2.45) is 5.41 Å². The van der Waals surface area contributed by atoms with E-state index in [1.807, 2.05) is 12.1 Å². The molecular formula is C16H26ClNO2. The zero-order valence-corrected chi connectivity index (χ0v) is 14.1. The van der Waals surface area contributed by atoms with Crippen molar-refractivity contribution in [2.75, 3.05) is 20.8 Å². The summed E-state index contributed by atoms with van der Waals surface area (Å²) in [6.45, 7) is 9.69. The summed E-state index contributed by atoms with van der Waals surface area (Å²) < 4.78 is 10.8. The number of hydrogen-bond donors (Lipinski definition) is 1. The van der Waals surface area contributed by atoms with Gasteiger partial charge in [-0.1, -0.05) is 39.3 Å². The lowest BCUT2D eigenvalue weighted by Crippen LogP contribution is -2.26. The zero-order valence-electron chi connectivity index (χ0n) is 13.3. The molecule has 114 valence electrons. The summed E-state index contributed by atoms with van der Waals surface area (Å²) in [6.07, 6.45) is 1.000. The molecule has 0 aliphatic heterocycles. The Kier molecular flexibility index (Phi) is 6.15. The van der Waals surface area contributed by atoms with E-state index in [0.717, 1.165) is 18.5 Å². The standard InChI is InChI=1S/C16H26ClNO2/c1-7-18-12(10-16(2,3)4)11-8-9-13(19-5)14(17)15(11)20-6/h8-9,12,18H,7,10H2,1-6H3. The quantitative estimate of drug-likeness (QED) is 0.842. The number of halogens is 1. The fourth-order valence-corrected chi connectivity index (χ4v) is 2.67. The van der Waals surface area contributed by atoms with Crippen LogP contribution in [0.15, 0.2) is 12.1 Å². The van der Waals surface area contributed by atoms with Crippen molar-refractivity contribution >= 4 is 11.6 Å². The predicted octanol–water partition coefficient (Wildman–Crippen LogP) is 4.44. The van der Waals surface area contributed by atoms with Gasteiger partial charge in [0.15, 0.2) is 0 Å². The van der Waals surface area contributed by atoms with Crippen LogP contribution in [0.2, 0.25) is 5.02 Å². The van der Waals surface area contributed by atoms with E-state index in [1.54, 1.807) is 14.2 Å². The van der Waals surface area contributed by atoms with Crippen LogP contribution >= 0.6 is 11.6 Å². The Bertz CT molecular complexity index is 441. The summed E-state index contributed by atoms with van der Waals surface area (Å²) in [6, 6.07) is 4.13. The smallest absolute Gasteiger partial charge is 0.146 e. The largest absolute Gasteiger partial charge is 0.495 e. The normalized spacial score (nSPS) is 13.2. The topological polar surface area (TPSA) is 30.5 Å². The lowest BCUT2D eigenvalue weighted by Gasteiger charge is -2.28. The van der Waals surface area contributed by atoms with Crippen LogP contribution in [0.3, 0.4) is 0 Å². The second kappa shape index (κ2) is 7.19. The number of benzene rings is 1. The van der Waals surface area contributed by atoms with Crippen molar-refractivity contribution < 1.29 is 9.47 Å². The van der Waals surface area contributed by atoms with Gasteiger partial charge in [0.1, 0.15) is 16.5 Å². The molecule has 0 amide bonds. The molecule has 1 N–H and O–H groups in total. The molecule has 4 heteroatoms. The van der Waals surface area contributed by atoms with Crippen LogP contribution in [-0.4, -0.2) is 20.8 Å². The highest BCUT2D eigenvalue weighted by Gasteiger charge is 2.24. The average molecular weight is 300 g/mol. The molecule has 1 aromatic rings. The van der Waals surface area contributed by atoms with E-state index in [0.29, 0.717) is 16.5 Å². The Morgan fingerprint density at radius 3 is 2.30 bits per heavy atom. The molecular weight excluding hydrogens is 274 g/mol. The van der Waals surface area contributed by atoms with Crippen molar-refractivity contribution in [3.8, 4) is 11.5 Å². The molecule has 1 rings (SSSR count). The third-order valence-corrected chi connectivity index (χ3v) is 3.52. The SMILES string of the molecule is CCNC(CC(C)(C)C)c1ccc(OC)c(Cl)c1OC. The van der Waals surface area contributed by atoms with Gasteiger partial charge in [-0.2, -0.15) is 0 Å². The van der Waals surface area contributed by atoms with Gasteiger partial charge in [-0.15, -0.1) is 0 Å². The van der Waals surface area contributed by atoms with Crippen LogP contribution in [0.4, 0.5) is 0 Å². The lowest BCUT2D eigenvalue weighted by atomic mass is 9.85. The summed E-state index contributed by atoms with van der Waals surface area (Å²) in [5.74, 6) is 1.33. The molecule has 0 aliphatic rings. The fraction of sp³-hybridized carbons (Fsp3) is 0.625. The molecule has 20 heavy (non-hydrogen) atoms. The maximum absolute atomic E-state index is 6.35. The Hall–Kier alpha value is -0.930. The summed E-state index contributed by atoms with van der Waals surface area (Å²) in [5.41, 5.74) is 1.29. The molecule has 3 nitrogen and oxygen atoms in total. The van der Waals surface area contributed by atoms with Crippen molar-refractivity contribution in [3.63, 3.8) is 0 Å². The van der Waals surface area contributed by atoms with Crippen LogP contribution < -0.4 is 14.8 Å². The third kappa shape index (κ3) is 4.29. The number of methoxy groups -OCH3 is 2. The molecule has 1 aromatic carbocycles. The Labute approximate surface area is 127 Å². The number of ether oxygens (including phenoxy) is 2. The number of hydrogen-bond acceptors (Lipinski definition) is 3. The van der Waals surface area contributed by atoms with E-state index in [-0.39, 0.29) is 11.5 Å². The molecule has 1 atom stereocenters. The molecule has 0 fully saturated rings. The predicted molar refractivity (Wildman–Crippen MR) is 85.0 cm³/mol. The summed E-state index contributed by atoms with van der Waals surface area (Å²) in [7, 11) is 3.25. The molecule has 0 saturated carbocycles. The minimum atomic E-state index is 0.207. The molecule has 0 aromatic heterocycles. The van der Waals surface area contributed by atoms with Crippen molar-refractivity contribution in [1.29, 1.82) is 0 Å². The average Bonchev–Trinajstić information content (AvgIpc) is 2.36. The van der Waals surface area contributed by atoms with Crippen LogP contribution in [0, 0.1) is 5.41 Å². The van der Waals surface area contributed by atoms with E-state index in [9.17, 15) is 0 Å². The van der Waals surface area contributed by atoms with Crippen molar-refractivity contribution in [3.05, 3.63) is 22.7 Å². The Balaban J connectivity index is 3.22. The highest BCUT2D eigenvalue weighted by Crippen LogP contribution is 2.42. The second-order valence-corrected chi connectivity index (χ2v) is 6.46. The highest BCUT2D eigenvalue weighted by molar-refractivity contribution is 6.33. The molecule has 0 bridgehead atoms. The Morgan fingerprint density at radius 2 is 1.85 bits per heavy atom. The first-order chi connectivity index (χ1) is 9.34. The van der Waals surface area contributed by atoms with Crippen molar-refractivity contribution in [1.82, 2.24) is 5.32 Å². The van der Waals surface area contributed by atoms with Crippen LogP contribution in [0.25, 0.3) is 0 Å². The van der Waals surface area contributed by atoms with E-state index in [1.165, 1.54) is 0 Å². The molecule has 0 aliphatic carbocycles. The fourth-order valence-electron chi connectivity index (χ4n) is 2.34. The summed E-state index contributed by atoms with van der Waals surface area (Å²) >= 11 is 6.35. The number of nitrogens with one attached hydrogen (secondary N) is 1. The minimum Gasteiger partial charge on any atom is -0.495 e. The van der Waals surface area contributed by atoms with Gasteiger partial charge in [-0.3, -0.25) is 0 Å². The summed E-state index contributed by atoms with van der Waals surface area (Å²) in [4.78, 5) is 0. The van der Waals surface area contributed by atoms with Crippen molar-refractivity contribution in [2.45, 2.75) is 40.2 Å². The van der Waals surface area contributed by atoms with E-state index in [4.69, 9.17) is 21.1 Å². The molecule has 1 unspecified atom stereocenters. The zero-order chi connectivity index (χ0) is 15.3. The first-order valence-electron chi connectivity index (χ1n) is 6.97. The molecule has 0 radical (unpaired) electrons. The van der Waals surface area contributed by atoms with Gasteiger partial charge in [0.05, 0.1) is 14.2 Å². The van der Waals surface area contributed by atoms with Gasteiger partial charge < -0.3 is 14.8 Å². The first kappa shape index (κ1) is 17.1. The Morgan fingerprint density at radius 1 is 1.20 bits per heavy atom. The van der Waals surface area contributed by atoms with Crippen LogP contribution in [0.1, 0.15) is 45.7 Å². The number of rotatable bonds is 6. The first-order valence-corrected chi connectivity index (χ1v) is 7.35. The van der Waals surface area contributed by atoms with Gasteiger partial charge in [-0.05, 0) is 30.5 Å². The minimum absolute atomic E-state index is 0.207. The third-order valence-electron chi connectivity index (χ3n) is 3.16. The van der Waals surface area contributed by atoms with Gasteiger partial charge in [-0.25, -0.2) is 0 Å². The maximum Gasteiger partial charge on any atom is 0.146 e. The highest BCUT2D eigenvalue weighted by atomic mass is 35.5. The van der Waals surface area contributed by atoms with E-state index < -0.39 is 0 Å². The van der Waals surface area contributed by atoms with Crippen LogP contribution in [-0.2, 0) is 0 Å². The van der Waals surface area contributed by atoms with Gasteiger partial charge in [0, 0.05) is 11.6 Å². The van der Waals surface area contributed by atoms with Crippen LogP contribution in [0.5, 0.6) is 11.5 Å². The summed E-state index contributed by atoms with van der Waals surface area (Å²) in [5, 5.41) is 4.05. The van der Waals surface area contributed by atoms with Gasteiger partial charge >= 0.3 is 0 Å². The second-order valence-electron chi connectivity index (χ2n) is 6.08. The van der Waals surface area contributed by atoms with E-state index in [2.05, 4.69) is 33.0 Å². The van der Waals surface area contributed by atoms with Gasteiger partial charge in [0.2, 0.25) is 0 Å². The maximum atomic E-state index is 6.35. The molecule has 0 heterocycles. The van der Waals surface area contributed by atoms with Gasteiger partial charge in [0.25, 0.3) is 0 Å². The monoisotopic (exact) mass is 299 g/mol.